The number of methoxy groups -OCH3 is 1. The molecule has 2 N–H and O–H groups in total. The van der Waals surface area contributed by atoms with Crippen molar-refractivity contribution in [2.75, 3.05) is 17.7 Å². The standard InChI is InChI=1S/C24H17F2N3O2/c1-31-15-8-6-14(7-9-15)29-12-20-21(24(29)30)22(27)17-4-2-3-16(23(17)28-20)18-11-13(25)5-10-19(18)26/h2-11H,12H2,1H3,(H2,27,28). The molecule has 0 aliphatic carbocycles. The van der Waals surface area contributed by atoms with Crippen LogP contribution in [0.15, 0.2) is 60.7 Å². The Morgan fingerprint density at radius 2 is 1.81 bits per heavy atom. The van der Waals surface area contributed by atoms with Crippen molar-refractivity contribution in [1.82, 2.24) is 4.98 Å². The van der Waals surface area contributed by atoms with E-state index in [0.29, 0.717) is 39.2 Å². The van der Waals surface area contributed by atoms with Gasteiger partial charge in [0.2, 0.25) is 0 Å². The van der Waals surface area contributed by atoms with E-state index in [1.807, 2.05) is 0 Å². The molecule has 1 aromatic heterocycles. The number of halogens is 2. The van der Waals surface area contributed by atoms with Crippen molar-refractivity contribution in [1.29, 1.82) is 0 Å². The smallest absolute Gasteiger partial charge is 0.262 e. The predicted molar refractivity (Wildman–Crippen MR) is 115 cm³/mol. The van der Waals surface area contributed by atoms with Crippen molar-refractivity contribution < 1.29 is 18.3 Å². The van der Waals surface area contributed by atoms with Crippen LogP contribution in [0.1, 0.15) is 16.1 Å². The normalized spacial score (nSPS) is 13.0. The average molecular weight is 417 g/mol. The molecule has 0 saturated carbocycles. The van der Waals surface area contributed by atoms with Crippen molar-refractivity contribution in [3.63, 3.8) is 0 Å². The maximum absolute atomic E-state index is 14.5. The number of hydrogen-bond donors (Lipinski definition) is 1. The van der Waals surface area contributed by atoms with Gasteiger partial charge in [-0.2, -0.15) is 0 Å². The molecular weight excluding hydrogens is 400 g/mol. The van der Waals surface area contributed by atoms with E-state index in [1.165, 1.54) is 0 Å². The third-order valence-corrected chi connectivity index (χ3v) is 5.50. The first-order valence-electron chi connectivity index (χ1n) is 9.60. The van der Waals surface area contributed by atoms with E-state index in [1.54, 1.807) is 54.5 Å². The zero-order chi connectivity index (χ0) is 21.7. The Morgan fingerprint density at radius 1 is 1.03 bits per heavy atom. The van der Waals surface area contributed by atoms with Gasteiger partial charge in [0.1, 0.15) is 17.4 Å². The molecule has 1 amide bonds. The number of aromatic nitrogens is 1. The van der Waals surface area contributed by atoms with Crippen molar-refractivity contribution in [2.45, 2.75) is 6.54 Å². The van der Waals surface area contributed by atoms with Gasteiger partial charge in [-0.15, -0.1) is 0 Å². The van der Waals surface area contributed by atoms with Crippen LogP contribution in [0.2, 0.25) is 0 Å². The van der Waals surface area contributed by atoms with Crippen LogP contribution >= 0.6 is 0 Å². The molecule has 1 aliphatic rings. The number of anilines is 2. The second kappa shape index (κ2) is 7.05. The number of para-hydroxylation sites is 1. The molecular formula is C24H17F2N3O2. The molecule has 0 bridgehead atoms. The summed E-state index contributed by atoms with van der Waals surface area (Å²) in [5, 5.41) is 0.518. The average Bonchev–Trinajstić information content (AvgIpc) is 3.12. The fraction of sp³-hybridized carbons (Fsp3) is 0.0833. The molecule has 7 heteroatoms. The highest BCUT2D eigenvalue weighted by molar-refractivity contribution is 6.17. The van der Waals surface area contributed by atoms with E-state index in [4.69, 9.17) is 10.5 Å². The molecule has 0 unspecified atom stereocenters. The molecule has 0 atom stereocenters. The monoisotopic (exact) mass is 417 g/mol. The number of nitrogen functional groups attached to an aromatic ring is 1. The van der Waals surface area contributed by atoms with Crippen LogP contribution in [0.5, 0.6) is 5.75 Å². The van der Waals surface area contributed by atoms with E-state index in [-0.39, 0.29) is 23.7 Å². The summed E-state index contributed by atoms with van der Waals surface area (Å²) < 4.78 is 33.4. The number of hydrogen-bond acceptors (Lipinski definition) is 4. The van der Waals surface area contributed by atoms with Gasteiger partial charge in [-0.1, -0.05) is 18.2 Å². The highest BCUT2D eigenvalue weighted by atomic mass is 19.1. The zero-order valence-electron chi connectivity index (χ0n) is 16.5. The number of nitrogens with two attached hydrogens (primary N) is 1. The lowest BCUT2D eigenvalue weighted by Crippen LogP contribution is -2.23. The third-order valence-electron chi connectivity index (χ3n) is 5.50. The van der Waals surface area contributed by atoms with Gasteiger partial charge in [-0.25, -0.2) is 13.8 Å². The van der Waals surface area contributed by atoms with Gasteiger partial charge < -0.3 is 15.4 Å². The molecule has 5 nitrogen and oxygen atoms in total. The number of ether oxygens (including phenoxy) is 1. The minimum absolute atomic E-state index is 0.0915. The number of carbonyl (C=O) groups is 1. The molecule has 0 fully saturated rings. The summed E-state index contributed by atoms with van der Waals surface area (Å²) in [5.74, 6) is -0.693. The molecule has 3 aromatic carbocycles. The van der Waals surface area contributed by atoms with Gasteiger partial charge >= 0.3 is 0 Å². The zero-order valence-corrected chi connectivity index (χ0v) is 16.5. The van der Waals surface area contributed by atoms with Crippen LogP contribution in [0, 0.1) is 11.6 Å². The van der Waals surface area contributed by atoms with Crippen LogP contribution in [0.25, 0.3) is 22.0 Å². The number of benzene rings is 3. The summed E-state index contributed by atoms with van der Waals surface area (Å²) in [6.07, 6.45) is 0. The largest absolute Gasteiger partial charge is 0.497 e. The summed E-state index contributed by atoms with van der Waals surface area (Å²) in [6.45, 7) is 0.223. The molecule has 0 radical (unpaired) electrons. The molecule has 154 valence electrons. The van der Waals surface area contributed by atoms with E-state index in [0.717, 1.165) is 18.2 Å². The highest BCUT2D eigenvalue weighted by Crippen LogP contribution is 2.38. The van der Waals surface area contributed by atoms with Gasteiger partial charge in [-0.3, -0.25) is 4.79 Å². The number of pyridine rings is 1. The van der Waals surface area contributed by atoms with Gasteiger partial charge in [0.05, 0.1) is 36.1 Å². The molecule has 31 heavy (non-hydrogen) atoms. The summed E-state index contributed by atoms with van der Waals surface area (Å²) >= 11 is 0. The second-order valence-electron chi connectivity index (χ2n) is 7.26. The minimum Gasteiger partial charge on any atom is -0.497 e. The lowest BCUT2D eigenvalue weighted by atomic mass is 9.98. The Balaban J connectivity index is 1.66. The van der Waals surface area contributed by atoms with Crippen molar-refractivity contribution in [2.24, 2.45) is 0 Å². The molecule has 1 aliphatic heterocycles. The number of nitrogens with zero attached hydrogens (tertiary/aromatic N) is 2. The highest BCUT2D eigenvalue weighted by Gasteiger charge is 2.33. The van der Waals surface area contributed by atoms with Gasteiger partial charge in [-0.05, 0) is 42.5 Å². The molecule has 0 saturated heterocycles. The Morgan fingerprint density at radius 3 is 2.55 bits per heavy atom. The van der Waals surface area contributed by atoms with Crippen LogP contribution in [-0.2, 0) is 6.54 Å². The topological polar surface area (TPSA) is 68.4 Å². The SMILES string of the molecule is COc1ccc(N2Cc3nc4c(-c5cc(F)ccc5F)cccc4c(N)c3C2=O)cc1. The quantitative estimate of drug-likeness (QED) is 0.513. The summed E-state index contributed by atoms with van der Waals surface area (Å²) in [7, 11) is 1.57. The Bertz CT molecular complexity index is 1350. The van der Waals surface area contributed by atoms with Gasteiger partial charge in [0.15, 0.2) is 0 Å². The lowest BCUT2D eigenvalue weighted by molar-refractivity contribution is 0.0997. The fourth-order valence-corrected chi connectivity index (χ4v) is 3.96. The Hall–Kier alpha value is -4.00. The number of rotatable bonds is 3. The minimum atomic E-state index is -0.564. The molecule has 2 heterocycles. The Kier molecular flexibility index (Phi) is 4.32. The summed E-state index contributed by atoms with van der Waals surface area (Å²) in [5.41, 5.74) is 9.11. The lowest BCUT2D eigenvalue weighted by Gasteiger charge is -2.15. The molecule has 0 spiro atoms. The van der Waals surface area contributed by atoms with E-state index < -0.39 is 11.6 Å². The van der Waals surface area contributed by atoms with E-state index >= 15 is 0 Å². The first-order chi connectivity index (χ1) is 15.0. The maximum atomic E-state index is 14.5. The van der Waals surface area contributed by atoms with Crippen LogP contribution in [-0.4, -0.2) is 18.0 Å². The van der Waals surface area contributed by atoms with Crippen LogP contribution in [0.3, 0.4) is 0 Å². The first kappa shape index (κ1) is 19.0. The summed E-state index contributed by atoms with van der Waals surface area (Å²) in [4.78, 5) is 19.4. The van der Waals surface area contributed by atoms with Crippen molar-refractivity contribution in [3.8, 4) is 16.9 Å². The van der Waals surface area contributed by atoms with Gasteiger partial charge in [0.25, 0.3) is 5.91 Å². The molecule has 4 aromatic rings. The predicted octanol–water partition coefficient (Wildman–Crippen LogP) is 4.93. The van der Waals surface area contributed by atoms with E-state index in [9.17, 15) is 13.6 Å². The summed E-state index contributed by atoms with van der Waals surface area (Å²) in [6, 6.07) is 15.5. The van der Waals surface area contributed by atoms with Crippen molar-refractivity contribution >= 4 is 28.2 Å². The van der Waals surface area contributed by atoms with E-state index in [2.05, 4.69) is 4.98 Å². The number of amides is 1. The molecule has 5 rings (SSSR count). The number of fused-ring (bicyclic) bond motifs is 2. The second-order valence-corrected chi connectivity index (χ2v) is 7.26. The van der Waals surface area contributed by atoms with Crippen molar-refractivity contribution in [3.05, 3.63) is 83.6 Å². The third kappa shape index (κ3) is 2.97. The van der Waals surface area contributed by atoms with Gasteiger partial charge in [0, 0.05) is 22.2 Å². The van der Waals surface area contributed by atoms with Crippen LogP contribution in [0.4, 0.5) is 20.2 Å². The first-order valence-corrected chi connectivity index (χ1v) is 9.60. The fourth-order valence-electron chi connectivity index (χ4n) is 3.96. The maximum Gasteiger partial charge on any atom is 0.262 e. The Labute approximate surface area is 176 Å². The number of carbonyl (C=O) groups excluding carboxylic acids is 1. The van der Waals surface area contributed by atoms with Crippen LogP contribution < -0.4 is 15.4 Å².